The van der Waals surface area contributed by atoms with E-state index in [1.165, 1.54) is 26.7 Å². The molecule has 0 aromatic heterocycles. The number of carboxylic acid groups (broad SMARTS) is 2. The van der Waals surface area contributed by atoms with E-state index in [0.717, 1.165) is 12.8 Å². The third-order valence-corrected chi connectivity index (χ3v) is 5.14. The summed E-state index contributed by atoms with van der Waals surface area (Å²) < 4.78 is 9.68. The largest absolute Gasteiger partial charge is 0.481 e. The Kier molecular flexibility index (Phi) is 13.1. The zero-order valence-electron chi connectivity index (χ0n) is 18.9. The van der Waals surface area contributed by atoms with Gasteiger partial charge < -0.3 is 31.2 Å². The van der Waals surface area contributed by atoms with Gasteiger partial charge in [-0.3, -0.25) is 9.59 Å². The molecule has 0 heterocycles. The molecule has 0 saturated heterocycles. The molecule has 1 fully saturated rings. The van der Waals surface area contributed by atoms with Crippen LogP contribution in [-0.2, 0) is 28.7 Å². The van der Waals surface area contributed by atoms with Crippen LogP contribution in [-0.4, -0.2) is 59.4 Å². The van der Waals surface area contributed by atoms with Crippen LogP contribution in [0, 0.1) is 5.41 Å². The first-order chi connectivity index (χ1) is 14.8. The first kappa shape index (κ1) is 29.3. The van der Waals surface area contributed by atoms with Crippen molar-refractivity contribution in [3.63, 3.8) is 0 Å². The fourth-order valence-corrected chi connectivity index (χ4v) is 2.99. The van der Waals surface area contributed by atoms with Gasteiger partial charge in [0.2, 0.25) is 0 Å². The quantitative estimate of drug-likeness (QED) is 0.264. The second-order valence-electron chi connectivity index (χ2n) is 8.10. The Bertz CT molecular complexity index is 662. The normalized spacial score (nSPS) is 17.9. The molecule has 32 heavy (non-hydrogen) atoms. The van der Waals surface area contributed by atoms with Gasteiger partial charge >= 0.3 is 23.9 Å². The van der Waals surface area contributed by atoms with Gasteiger partial charge in [-0.25, -0.2) is 9.59 Å². The van der Waals surface area contributed by atoms with Crippen molar-refractivity contribution in [2.75, 3.05) is 13.2 Å². The third-order valence-electron chi connectivity index (χ3n) is 5.14. The second-order valence-corrected chi connectivity index (χ2v) is 8.10. The molecule has 0 spiro atoms. The first-order valence-corrected chi connectivity index (χ1v) is 10.4. The Hall–Kier alpha value is -2.72. The SMILES string of the molecule is C=C(C)C(=O)OCCC(CCOC(=O)C(=C)C)(CC(=O)O)C(=O)O.N[C@@H]1CCCC[C@H]1N. The molecule has 0 aliphatic heterocycles. The van der Waals surface area contributed by atoms with Crippen molar-refractivity contribution in [2.45, 2.75) is 70.9 Å². The lowest BCUT2D eigenvalue weighted by atomic mass is 9.78. The summed E-state index contributed by atoms with van der Waals surface area (Å²) in [6, 6.07) is 0.562. The molecule has 0 unspecified atom stereocenters. The van der Waals surface area contributed by atoms with Gasteiger partial charge in [0.1, 0.15) is 0 Å². The molecule has 6 N–H and O–H groups in total. The van der Waals surface area contributed by atoms with E-state index >= 15 is 0 Å². The van der Waals surface area contributed by atoms with Crippen molar-refractivity contribution in [1.29, 1.82) is 0 Å². The zero-order valence-corrected chi connectivity index (χ0v) is 18.9. The molecular formula is C22H36N2O8. The predicted octanol–water partition coefficient (Wildman–Crippen LogP) is 1.77. The maximum atomic E-state index is 11.6. The minimum atomic E-state index is -1.73. The number of hydrogen-bond donors (Lipinski definition) is 4. The minimum absolute atomic E-state index is 0.143. The molecule has 182 valence electrons. The van der Waals surface area contributed by atoms with Crippen LogP contribution in [0.5, 0.6) is 0 Å². The van der Waals surface area contributed by atoms with Crippen molar-refractivity contribution in [3.05, 3.63) is 24.3 Å². The average Bonchev–Trinajstić information content (AvgIpc) is 2.69. The maximum absolute atomic E-state index is 11.6. The molecule has 0 amide bonds. The van der Waals surface area contributed by atoms with Gasteiger partial charge in [-0.2, -0.15) is 0 Å². The molecular weight excluding hydrogens is 420 g/mol. The van der Waals surface area contributed by atoms with Gasteiger partial charge in [-0.05, 0) is 39.5 Å². The topological polar surface area (TPSA) is 179 Å². The summed E-state index contributed by atoms with van der Waals surface area (Å²) in [5.74, 6) is -4.09. The van der Waals surface area contributed by atoms with Crippen molar-refractivity contribution in [3.8, 4) is 0 Å². The molecule has 1 aliphatic carbocycles. The van der Waals surface area contributed by atoms with Crippen LogP contribution in [0.3, 0.4) is 0 Å². The number of rotatable bonds is 11. The number of esters is 2. The molecule has 0 bridgehead atoms. The molecule has 10 nitrogen and oxygen atoms in total. The molecule has 1 saturated carbocycles. The van der Waals surface area contributed by atoms with Crippen LogP contribution in [0.4, 0.5) is 0 Å². The van der Waals surface area contributed by atoms with Gasteiger partial charge in [-0.1, -0.05) is 26.0 Å². The van der Waals surface area contributed by atoms with Gasteiger partial charge in [0, 0.05) is 23.2 Å². The van der Waals surface area contributed by atoms with E-state index in [1.54, 1.807) is 0 Å². The highest BCUT2D eigenvalue weighted by Crippen LogP contribution is 2.32. The number of hydrogen-bond acceptors (Lipinski definition) is 8. The lowest BCUT2D eigenvalue weighted by Gasteiger charge is -2.27. The minimum Gasteiger partial charge on any atom is -0.481 e. The van der Waals surface area contributed by atoms with Crippen LogP contribution in [0.25, 0.3) is 0 Å². The molecule has 0 aromatic carbocycles. The Balaban J connectivity index is 0.000000995. The molecule has 10 heteroatoms. The van der Waals surface area contributed by atoms with Crippen LogP contribution in [0.2, 0.25) is 0 Å². The van der Waals surface area contributed by atoms with E-state index < -0.39 is 35.7 Å². The number of carboxylic acids is 2. The van der Waals surface area contributed by atoms with E-state index in [2.05, 4.69) is 13.2 Å². The van der Waals surface area contributed by atoms with E-state index in [9.17, 15) is 24.3 Å². The van der Waals surface area contributed by atoms with Crippen molar-refractivity contribution >= 4 is 23.9 Å². The standard InChI is InChI=1S/C16H22O8.C6H14N2/c1-10(2)13(19)23-7-5-16(15(21)22,9-12(17)18)6-8-24-14(20)11(3)4;7-5-3-1-2-4-6(5)8/h1,3,5-9H2,2,4H3,(H,17,18)(H,21,22);5-6H,1-4,7-8H2/t;5-,6-/m.1/s1. The number of ether oxygens (including phenoxy) is 2. The summed E-state index contributed by atoms with van der Waals surface area (Å²) in [4.78, 5) is 45.3. The van der Waals surface area contributed by atoms with Gasteiger partial charge in [0.15, 0.2) is 0 Å². The summed E-state index contributed by atoms with van der Waals surface area (Å²) in [5, 5.41) is 18.4. The van der Waals surface area contributed by atoms with E-state index in [0.29, 0.717) is 0 Å². The highest BCUT2D eigenvalue weighted by molar-refractivity contribution is 5.87. The van der Waals surface area contributed by atoms with E-state index in [-0.39, 0.29) is 49.3 Å². The fraction of sp³-hybridized carbons (Fsp3) is 0.636. The van der Waals surface area contributed by atoms with Crippen LogP contribution >= 0.6 is 0 Å². The number of nitrogens with two attached hydrogens (primary N) is 2. The molecule has 0 aromatic rings. The molecule has 1 aliphatic rings. The van der Waals surface area contributed by atoms with Gasteiger partial charge in [-0.15, -0.1) is 0 Å². The summed E-state index contributed by atoms with van der Waals surface area (Å²) in [6.45, 7) is 9.06. The predicted molar refractivity (Wildman–Crippen MR) is 118 cm³/mol. The lowest BCUT2D eigenvalue weighted by molar-refractivity contribution is -0.160. The highest BCUT2D eigenvalue weighted by atomic mass is 16.5. The summed E-state index contributed by atoms with van der Waals surface area (Å²) in [6.07, 6.45) is 3.63. The van der Waals surface area contributed by atoms with Crippen molar-refractivity contribution < 1.29 is 38.9 Å². The Morgan fingerprint density at radius 1 is 0.875 bits per heavy atom. The molecule has 2 atom stereocenters. The van der Waals surface area contributed by atoms with Crippen LogP contribution < -0.4 is 11.5 Å². The summed E-state index contributed by atoms with van der Waals surface area (Å²) in [5.41, 5.74) is 9.87. The lowest BCUT2D eigenvalue weighted by Crippen LogP contribution is -2.43. The van der Waals surface area contributed by atoms with Crippen LogP contribution in [0.15, 0.2) is 24.3 Å². The first-order valence-electron chi connectivity index (χ1n) is 10.4. The second kappa shape index (κ2) is 14.4. The average molecular weight is 457 g/mol. The zero-order chi connectivity index (χ0) is 24.9. The fourth-order valence-electron chi connectivity index (χ4n) is 2.99. The molecule has 0 radical (unpaired) electrons. The number of aliphatic carboxylic acids is 2. The smallest absolute Gasteiger partial charge is 0.333 e. The third kappa shape index (κ3) is 11.1. The summed E-state index contributed by atoms with van der Waals surface area (Å²) >= 11 is 0. The maximum Gasteiger partial charge on any atom is 0.333 e. The summed E-state index contributed by atoms with van der Waals surface area (Å²) in [7, 11) is 0. The number of carbonyl (C=O) groups is 4. The van der Waals surface area contributed by atoms with Crippen LogP contribution in [0.1, 0.15) is 58.8 Å². The Labute approximate surface area is 188 Å². The van der Waals surface area contributed by atoms with Crippen molar-refractivity contribution in [1.82, 2.24) is 0 Å². The van der Waals surface area contributed by atoms with E-state index in [1.807, 2.05) is 0 Å². The Morgan fingerprint density at radius 3 is 1.50 bits per heavy atom. The highest BCUT2D eigenvalue weighted by Gasteiger charge is 2.41. The van der Waals surface area contributed by atoms with Gasteiger partial charge in [0.25, 0.3) is 0 Å². The molecule has 1 rings (SSSR count). The van der Waals surface area contributed by atoms with Crippen molar-refractivity contribution in [2.24, 2.45) is 16.9 Å². The Morgan fingerprint density at radius 2 is 1.25 bits per heavy atom. The van der Waals surface area contributed by atoms with Gasteiger partial charge in [0.05, 0.1) is 25.0 Å². The number of carbonyl (C=O) groups excluding carboxylic acids is 2. The monoisotopic (exact) mass is 456 g/mol. The van der Waals surface area contributed by atoms with E-state index in [4.69, 9.17) is 26.0 Å².